The highest BCUT2D eigenvalue weighted by Gasteiger charge is 2.47. The van der Waals surface area contributed by atoms with Crippen LogP contribution < -0.4 is 20.6 Å². The van der Waals surface area contributed by atoms with Crippen LogP contribution in [0.5, 0.6) is 0 Å². The van der Waals surface area contributed by atoms with Crippen molar-refractivity contribution in [3.63, 3.8) is 0 Å². The number of benzene rings is 7. The molecule has 0 fully saturated rings. The van der Waals surface area contributed by atoms with Crippen molar-refractivity contribution in [3.8, 4) is 22.3 Å². The Hall–Kier alpha value is -5.62. The van der Waals surface area contributed by atoms with E-state index in [1.807, 2.05) is 22.7 Å². The van der Waals surface area contributed by atoms with Crippen LogP contribution in [-0.2, 0) is 10.8 Å². The summed E-state index contributed by atoms with van der Waals surface area (Å²) in [6, 6.07) is 55.6. The smallest absolute Gasteiger partial charge is 0.334 e. The summed E-state index contributed by atoms with van der Waals surface area (Å²) in [6.07, 6.45) is 0. The lowest BCUT2D eigenvalue weighted by Crippen LogP contribution is -2.61. The molecule has 7 aromatic carbocycles. The molecule has 0 atom stereocenters. The van der Waals surface area contributed by atoms with Crippen molar-refractivity contribution in [2.75, 3.05) is 9.71 Å². The predicted octanol–water partition coefficient (Wildman–Crippen LogP) is 14.5. The SMILES string of the molecule is Cc1cc2c3c(c1)N(c1ccc(C(C)(C)C)cc1-c1ccccc1)c1sc4ccccc4c1B3N(c1ccc(C(C)(C)C)cc1)c1cc3sc4ccccc4c3cc1-2. The van der Waals surface area contributed by atoms with Gasteiger partial charge >= 0.3 is 6.85 Å². The minimum atomic E-state index is -0.0400. The van der Waals surface area contributed by atoms with E-state index >= 15 is 0 Å². The first-order chi connectivity index (χ1) is 27.9. The number of nitrogens with zero attached hydrogens (tertiary/aromatic N) is 2. The molecule has 0 bridgehead atoms. The maximum atomic E-state index is 2.68. The number of fused-ring (bicyclic) bond motifs is 9. The Morgan fingerprint density at radius 1 is 0.466 bits per heavy atom. The Morgan fingerprint density at radius 3 is 1.84 bits per heavy atom. The predicted molar refractivity (Wildman–Crippen MR) is 256 cm³/mol. The van der Waals surface area contributed by atoms with Crippen LogP contribution in [0.3, 0.4) is 0 Å². The van der Waals surface area contributed by atoms with Gasteiger partial charge in [-0.2, -0.15) is 0 Å². The van der Waals surface area contributed by atoms with Crippen molar-refractivity contribution in [1.82, 2.24) is 0 Å². The molecule has 2 aliphatic rings. The van der Waals surface area contributed by atoms with E-state index in [1.165, 1.54) is 108 Å². The summed E-state index contributed by atoms with van der Waals surface area (Å²) in [4.78, 5) is 5.31. The third kappa shape index (κ3) is 5.36. The maximum Gasteiger partial charge on any atom is 0.334 e. The van der Waals surface area contributed by atoms with Gasteiger partial charge in [-0.05, 0) is 116 Å². The second-order valence-electron chi connectivity index (χ2n) is 18.3. The first kappa shape index (κ1) is 35.5. The van der Waals surface area contributed by atoms with Crippen LogP contribution in [0.25, 0.3) is 52.5 Å². The van der Waals surface area contributed by atoms with Crippen molar-refractivity contribution in [3.05, 3.63) is 162 Å². The fourth-order valence-corrected chi connectivity index (χ4v) is 11.9. The topological polar surface area (TPSA) is 6.48 Å². The van der Waals surface area contributed by atoms with Gasteiger partial charge in [-0.1, -0.05) is 133 Å². The number of hydrogen-bond donors (Lipinski definition) is 0. The van der Waals surface area contributed by atoms with Crippen LogP contribution in [0.4, 0.5) is 27.8 Å². The zero-order valence-corrected chi connectivity index (χ0v) is 35.8. The Morgan fingerprint density at radius 2 is 1.12 bits per heavy atom. The van der Waals surface area contributed by atoms with E-state index in [1.54, 1.807) is 0 Å². The highest BCUT2D eigenvalue weighted by molar-refractivity contribution is 7.26. The molecule has 2 nitrogen and oxygen atoms in total. The third-order valence-electron chi connectivity index (χ3n) is 12.4. The summed E-state index contributed by atoms with van der Waals surface area (Å²) >= 11 is 3.83. The van der Waals surface area contributed by atoms with Gasteiger partial charge in [0.1, 0.15) is 0 Å². The number of rotatable bonds is 3. The number of aryl methyl sites for hydroxylation is 1. The molecule has 2 aromatic heterocycles. The first-order valence-corrected chi connectivity index (χ1v) is 22.1. The zero-order chi connectivity index (χ0) is 39.7. The molecule has 0 spiro atoms. The van der Waals surface area contributed by atoms with Crippen molar-refractivity contribution in [2.45, 2.75) is 59.3 Å². The minimum absolute atomic E-state index is 0.00421. The second kappa shape index (κ2) is 12.7. The highest BCUT2D eigenvalue weighted by Crippen LogP contribution is 2.53. The summed E-state index contributed by atoms with van der Waals surface area (Å²) in [5.74, 6) is 0. The van der Waals surface area contributed by atoms with Gasteiger partial charge < -0.3 is 9.71 Å². The monoisotopic (exact) mass is 784 g/mol. The average Bonchev–Trinajstić information content (AvgIpc) is 3.78. The Bertz CT molecular complexity index is 3100. The quantitative estimate of drug-likeness (QED) is 0.165. The molecular weight excluding hydrogens is 740 g/mol. The molecule has 0 aliphatic carbocycles. The maximum absolute atomic E-state index is 2.68. The molecule has 58 heavy (non-hydrogen) atoms. The lowest BCUT2D eigenvalue weighted by atomic mass is 9.43. The van der Waals surface area contributed by atoms with Gasteiger partial charge in [0.25, 0.3) is 0 Å². The summed E-state index contributed by atoms with van der Waals surface area (Å²) in [5, 5.41) is 5.27. The lowest BCUT2D eigenvalue weighted by molar-refractivity contribution is 0.590. The Kier molecular flexibility index (Phi) is 7.78. The summed E-state index contributed by atoms with van der Waals surface area (Å²) < 4.78 is 3.97. The van der Waals surface area contributed by atoms with Gasteiger partial charge in [0, 0.05) is 53.1 Å². The van der Waals surface area contributed by atoms with Crippen LogP contribution in [0.2, 0.25) is 0 Å². The Balaban J connectivity index is 1.27. The van der Waals surface area contributed by atoms with E-state index in [2.05, 4.69) is 204 Å². The van der Waals surface area contributed by atoms with Crippen molar-refractivity contribution in [2.24, 2.45) is 0 Å². The largest absolute Gasteiger partial charge is 0.376 e. The molecular formula is C53H45BN2S2. The van der Waals surface area contributed by atoms with E-state index in [9.17, 15) is 0 Å². The molecule has 0 amide bonds. The average molecular weight is 785 g/mol. The highest BCUT2D eigenvalue weighted by atomic mass is 32.1. The van der Waals surface area contributed by atoms with Gasteiger partial charge in [0.2, 0.25) is 0 Å². The fourth-order valence-electron chi connectivity index (χ4n) is 9.48. The molecule has 0 unspecified atom stereocenters. The van der Waals surface area contributed by atoms with Crippen LogP contribution in [-0.4, -0.2) is 6.85 Å². The van der Waals surface area contributed by atoms with Crippen LogP contribution in [0, 0.1) is 6.92 Å². The second-order valence-corrected chi connectivity index (χ2v) is 20.4. The normalized spacial score (nSPS) is 13.7. The molecule has 282 valence electrons. The van der Waals surface area contributed by atoms with E-state index in [0.29, 0.717) is 0 Å². The molecule has 2 aliphatic heterocycles. The molecule has 0 saturated carbocycles. The molecule has 0 N–H and O–H groups in total. The zero-order valence-electron chi connectivity index (χ0n) is 34.1. The van der Waals surface area contributed by atoms with Gasteiger partial charge in [0.05, 0.1) is 10.7 Å². The van der Waals surface area contributed by atoms with Gasteiger partial charge in [-0.3, -0.25) is 0 Å². The number of anilines is 5. The van der Waals surface area contributed by atoms with Crippen LogP contribution >= 0.6 is 22.7 Å². The van der Waals surface area contributed by atoms with Gasteiger partial charge in [-0.25, -0.2) is 0 Å². The van der Waals surface area contributed by atoms with Crippen LogP contribution in [0.1, 0.15) is 58.2 Å². The molecule has 0 saturated heterocycles. The first-order valence-electron chi connectivity index (χ1n) is 20.5. The van der Waals surface area contributed by atoms with Crippen molar-refractivity contribution < 1.29 is 0 Å². The van der Waals surface area contributed by atoms with E-state index in [-0.39, 0.29) is 17.7 Å². The summed E-state index contributed by atoms with van der Waals surface area (Å²) in [7, 11) is 0. The van der Waals surface area contributed by atoms with E-state index in [0.717, 1.165) is 0 Å². The van der Waals surface area contributed by atoms with Gasteiger partial charge in [-0.15, -0.1) is 22.7 Å². The third-order valence-corrected chi connectivity index (χ3v) is 14.7. The molecule has 9 aromatic rings. The number of hydrogen-bond acceptors (Lipinski definition) is 4. The molecule has 4 heterocycles. The molecule has 11 rings (SSSR count). The van der Waals surface area contributed by atoms with Crippen molar-refractivity contribution >= 4 is 98.5 Å². The summed E-state index contributed by atoms with van der Waals surface area (Å²) in [5.41, 5.74) is 16.8. The lowest BCUT2D eigenvalue weighted by Gasteiger charge is -2.45. The van der Waals surface area contributed by atoms with Crippen molar-refractivity contribution in [1.29, 1.82) is 0 Å². The summed E-state index contributed by atoms with van der Waals surface area (Å²) in [6.45, 7) is 16.1. The van der Waals surface area contributed by atoms with Crippen LogP contribution in [0.15, 0.2) is 146 Å². The fraction of sp³-hybridized carbons (Fsp3) is 0.170. The number of thiophene rings is 2. The van der Waals surface area contributed by atoms with E-state index in [4.69, 9.17) is 0 Å². The molecule has 5 heteroatoms. The Labute approximate surface area is 350 Å². The molecule has 0 radical (unpaired) electrons. The van der Waals surface area contributed by atoms with E-state index < -0.39 is 0 Å². The van der Waals surface area contributed by atoms with Gasteiger partial charge in [0.15, 0.2) is 0 Å². The standard InChI is InChI=1S/C53H45BN2S2/c1-32-27-42-40-30-41-37-17-11-13-19-46(37)57-48(41)31-44(40)56(36-24-21-34(22-25-36)52(2,3)4)54-49(42)45(28-32)55(51-50(54)38-18-12-14-20-47(38)58-51)43-26-23-35(53(5,6)7)29-39(43)33-15-9-8-10-16-33/h8-31H,1-7H3. The minimum Gasteiger partial charge on any atom is -0.376 e.